The van der Waals surface area contributed by atoms with Gasteiger partial charge in [0.2, 0.25) is 6.79 Å². The molecule has 1 N–H and O–H groups in total. The smallest absolute Gasteiger partial charge is 0.339 e. The number of carbonyl (C=O) groups is 2. The summed E-state index contributed by atoms with van der Waals surface area (Å²) in [6, 6.07) is 10.1. The average molecular weight is 359 g/mol. The van der Waals surface area contributed by atoms with E-state index < -0.39 is 18.0 Å². The van der Waals surface area contributed by atoms with Gasteiger partial charge in [0.05, 0.1) is 11.6 Å². The Balaban J connectivity index is 1.58. The van der Waals surface area contributed by atoms with Gasteiger partial charge in [0, 0.05) is 0 Å². The van der Waals surface area contributed by atoms with Gasteiger partial charge in [-0.05, 0) is 49.7 Å². The van der Waals surface area contributed by atoms with Crippen molar-refractivity contribution < 1.29 is 28.2 Å². The van der Waals surface area contributed by atoms with Crippen molar-refractivity contribution in [2.24, 2.45) is 0 Å². The topological polar surface area (TPSA) is 73.9 Å². The first kappa shape index (κ1) is 17.7. The number of halogens is 1. The van der Waals surface area contributed by atoms with E-state index in [1.165, 1.54) is 25.1 Å². The van der Waals surface area contributed by atoms with E-state index in [4.69, 9.17) is 14.2 Å². The Morgan fingerprint density at radius 1 is 1.08 bits per heavy atom. The molecule has 6 nitrogen and oxygen atoms in total. The van der Waals surface area contributed by atoms with Gasteiger partial charge < -0.3 is 19.5 Å². The maximum Gasteiger partial charge on any atom is 0.339 e. The number of hydrogen-bond acceptors (Lipinski definition) is 5. The van der Waals surface area contributed by atoms with Crippen molar-refractivity contribution >= 4 is 11.9 Å². The van der Waals surface area contributed by atoms with Gasteiger partial charge in [-0.15, -0.1) is 0 Å². The zero-order valence-corrected chi connectivity index (χ0v) is 14.3. The normalized spacial score (nSPS) is 14.4. The van der Waals surface area contributed by atoms with Crippen LogP contribution in [0.2, 0.25) is 0 Å². The molecule has 0 bridgehead atoms. The van der Waals surface area contributed by atoms with Crippen LogP contribution in [-0.4, -0.2) is 24.8 Å². The monoisotopic (exact) mass is 359 g/mol. The van der Waals surface area contributed by atoms with Gasteiger partial charge in [-0.1, -0.05) is 12.1 Å². The second kappa shape index (κ2) is 7.43. The molecule has 0 radical (unpaired) electrons. The third-order valence-electron chi connectivity index (χ3n) is 3.99. The van der Waals surface area contributed by atoms with E-state index in [0.717, 1.165) is 5.56 Å². The van der Waals surface area contributed by atoms with Crippen LogP contribution in [0.15, 0.2) is 42.5 Å². The summed E-state index contributed by atoms with van der Waals surface area (Å²) in [4.78, 5) is 24.5. The first-order valence-electron chi connectivity index (χ1n) is 8.10. The van der Waals surface area contributed by atoms with Crippen molar-refractivity contribution in [3.8, 4) is 11.5 Å². The van der Waals surface area contributed by atoms with Gasteiger partial charge in [0.1, 0.15) is 5.82 Å². The molecule has 2 aromatic rings. The number of amides is 1. The van der Waals surface area contributed by atoms with Crippen molar-refractivity contribution in [3.05, 3.63) is 59.4 Å². The zero-order chi connectivity index (χ0) is 18.7. The molecule has 7 heteroatoms. The number of ether oxygens (including phenoxy) is 3. The Hall–Kier alpha value is -3.09. The standard InChI is InChI=1S/C19H18FNO5/c1-11(13-3-6-15(20)7-4-13)21-18(22)12(2)26-19(23)14-5-8-16-17(9-14)25-10-24-16/h3-9,11-12H,10H2,1-2H3,(H,21,22). The molecule has 0 saturated carbocycles. The Morgan fingerprint density at radius 3 is 2.50 bits per heavy atom. The fraction of sp³-hybridized carbons (Fsp3) is 0.263. The third-order valence-corrected chi connectivity index (χ3v) is 3.99. The highest BCUT2D eigenvalue weighted by molar-refractivity contribution is 5.93. The summed E-state index contributed by atoms with van der Waals surface area (Å²) >= 11 is 0. The third kappa shape index (κ3) is 3.93. The van der Waals surface area contributed by atoms with Crippen LogP contribution in [0.1, 0.15) is 35.8 Å². The molecule has 0 spiro atoms. The van der Waals surface area contributed by atoms with Crippen molar-refractivity contribution in [3.63, 3.8) is 0 Å². The van der Waals surface area contributed by atoms with Crippen LogP contribution in [0, 0.1) is 5.82 Å². The maximum atomic E-state index is 13.0. The summed E-state index contributed by atoms with van der Waals surface area (Å²) < 4.78 is 28.6. The summed E-state index contributed by atoms with van der Waals surface area (Å²) in [5, 5.41) is 2.73. The highest BCUT2D eigenvalue weighted by atomic mass is 19.1. The van der Waals surface area contributed by atoms with Crippen LogP contribution in [0.4, 0.5) is 4.39 Å². The molecule has 0 saturated heterocycles. The first-order valence-corrected chi connectivity index (χ1v) is 8.10. The Morgan fingerprint density at radius 2 is 1.77 bits per heavy atom. The summed E-state index contributed by atoms with van der Waals surface area (Å²) in [5.74, 6) is -0.420. The minimum absolute atomic E-state index is 0.105. The molecule has 1 aliphatic rings. The molecule has 3 rings (SSSR count). The number of fused-ring (bicyclic) bond motifs is 1. The van der Waals surface area contributed by atoms with Crippen molar-refractivity contribution in [2.75, 3.05) is 6.79 Å². The van der Waals surface area contributed by atoms with E-state index in [2.05, 4.69) is 5.32 Å². The van der Waals surface area contributed by atoms with E-state index in [0.29, 0.717) is 11.5 Å². The Labute approximate surface area is 149 Å². The van der Waals surface area contributed by atoms with Crippen LogP contribution in [-0.2, 0) is 9.53 Å². The lowest BCUT2D eigenvalue weighted by atomic mass is 10.1. The second-order valence-corrected chi connectivity index (χ2v) is 5.90. The lowest BCUT2D eigenvalue weighted by Gasteiger charge is -2.18. The highest BCUT2D eigenvalue weighted by Crippen LogP contribution is 2.32. The van der Waals surface area contributed by atoms with Crippen molar-refractivity contribution in [2.45, 2.75) is 26.0 Å². The quantitative estimate of drug-likeness (QED) is 0.831. The maximum absolute atomic E-state index is 13.0. The summed E-state index contributed by atoms with van der Waals surface area (Å²) in [6.45, 7) is 3.35. The van der Waals surface area contributed by atoms with Gasteiger partial charge >= 0.3 is 5.97 Å². The lowest BCUT2D eigenvalue weighted by Crippen LogP contribution is -2.37. The number of hydrogen-bond donors (Lipinski definition) is 1. The SMILES string of the molecule is CC(OC(=O)c1ccc2c(c1)OCO2)C(=O)NC(C)c1ccc(F)cc1. The van der Waals surface area contributed by atoms with Crippen LogP contribution in [0.3, 0.4) is 0 Å². The van der Waals surface area contributed by atoms with E-state index in [1.807, 2.05) is 0 Å². The molecular formula is C19H18FNO5. The molecule has 1 amide bonds. The van der Waals surface area contributed by atoms with Gasteiger partial charge in [0.25, 0.3) is 5.91 Å². The molecule has 0 aromatic heterocycles. The van der Waals surface area contributed by atoms with E-state index in [-0.39, 0.29) is 24.2 Å². The largest absolute Gasteiger partial charge is 0.454 e. The minimum Gasteiger partial charge on any atom is -0.454 e. The molecule has 1 heterocycles. The number of nitrogens with one attached hydrogen (secondary N) is 1. The second-order valence-electron chi connectivity index (χ2n) is 5.90. The molecule has 2 aromatic carbocycles. The van der Waals surface area contributed by atoms with Crippen molar-refractivity contribution in [1.29, 1.82) is 0 Å². The van der Waals surface area contributed by atoms with E-state index in [9.17, 15) is 14.0 Å². The predicted molar refractivity (Wildman–Crippen MR) is 90.4 cm³/mol. The molecule has 0 aliphatic carbocycles. The van der Waals surface area contributed by atoms with Gasteiger partial charge in [-0.25, -0.2) is 9.18 Å². The molecule has 2 unspecified atom stereocenters. The zero-order valence-electron chi connectivity index (χ0n) is 14.3. The van der Waals surface area contributed by atoms with Crippen LogP contribution < -0.4 is 14.8 Å². The molecule has 0 fully saturated rings. The lowest BCUT2D eigenvalue weighted by molar-refractivity contribution is -0.129. The molecule has 1 aliphatic heterocycles. The Bertz CT molecular complexity index is 821. The van der Waals surface area contributed by atoms with Crippen LogP contribution in [0.5, 0.6) is 11.5 Å². The van der Waals surface area contributed by atoms with Gasteiger partial charge in [-0.2, -0.15) is 0 Å². The fourth-order valence-corrected chi connectivity index (χ4v) is 2.47. The van der Waals surface area contributed by atoms with E-state index in [1.54, 1.807) is 31.2 Å². The average Bonchev–Trinajstić information content (AvgIpc) is 3.09. The molecule has 26 heavy (non-hydrogen) atoms. The van der Waals surface area contributed by atoms with Crippen molar-refractivity contribution in [1.82, 2.24) is 5.32 Å². The first-order chi connectivity index (χ1) is 12.4. The number of benzene rings is 2. The summed E-state index contributed by atoms with van der Waals surface area (Å²) in [5.41, 5.74) is 1.01. The fourth-order valence-electron chi connectivity index (χ4n) is 2.47. The van der Waals surface area contributed by atoms with Crippen LogP contribution in [0.25, 0.3) is 0 Å². The summed E-state index contributed by atoms with van der Waals surface area (Å²) in [7, 11) is 0. The van der Waals surface area contributed by atoms with Crippen LogP contribution >= 0.6 is 0 Å². The number of carbonyl (C=O) groups excluding carboxylic acids is 2. The van der Waals surface area contributed by atoms with Gasteiger partial charge in [0.15, 0.2) is 17.6 Å². The molecule has 2 atom stereocenters. The minimum atomic E-state index is -0.990. The summed E-state index contributed by atoms with van der Waals surface area (Å²) in [6.07, 6.45) is -0.990. The Kier molecular flexibility index (Phi) is 5.06. The number of esters is 1. The molecule has 136 valence electrons. The number of rotatable bonds is 5. The van der Waals surface area contributed by atoms with E-state index >= 15 is 0 Å². The molecular weight excluding hydrogens is 341 g/mol. The van der Waals surface area contributed by atoms with Gasteiger partial charge in [-0.3, -0.25) is 4.79 Å². The highest BCUT2D eigenvalue weighted by Gasteiger charge is 2.22. The predicted octanol–water partition coefficient (Wildman–Crippen LogP) is 2.98.